The lowest BCUT2D eigenvalue weighted by Gasteiger charge is -2.40. The smallest absolute Gasteiger partial charge is 0.311 e. The number of rotatable bonds is 6. The highest BCUT2D eigenvalue weighted by Gasteiger charge is 2.46. The zero-order valence-corrected chi connectivity index (χ0v) is 13.7. The highest BCUT2D eigenvalue weighted by molar-refractivity contribution is 6.29. The zero-order valence-electron chi connectivity index (χ0n) is 13.0. The molecule has 1 aromatic heterocycles. The predicted octanol–water partition coefficient (Wildman–Crippen LogP) is 2.75. The summed E-state index contributed by atoms with van der Waals surface area (Å²) in [6.45, 7) is 0.963. The second-order valence-electron chi connectivity index (χ2n) is 6.77. The van der Waals surface area contributed by atoms with Crippen LogP contribution >= 0.6 is 11.6 Å². The quantitative estimate of drug-likeness (QED) is 0.860. The van der Waals surface area contributed by atoms with E-state index in [0.29, 0.717) is 44.0 Å². The Morgan fingerprint density at radius 2 is 2.26 bits per heavy atom. The summed E-state index contributed by atoms with van der Waals surface area (Å²) in [5, 5.41) is 13.6. The molecule has 1 aliphatic heterocycles. The number of nitrogens with zero attached hydrogens (tertiary/aromatic N) is 2. The second-order valence-corrected chi connectivity index (χ2v) is 7.16. The van der Waals surface area contributed by atoms with Crippen LogP contribution in [0.25, 0.3) is 0 Å². The summed E-state index contributed by atoms with van der Waals surface area (Å²) in [7, 11) is 0. The molecule has 1 N–H and O–H groups in total. The summed E-state index contributed by atoms with van der Waals surface area (Å²) in [4.78, 5) is 25.9. The van der Waals surface area contributed by atoms with E-state index in [2.05, 4.69) is 5.16 Å². The van der Waals surface area contributed by atoms with E-state index in [9.17, 15) is 14.7 Å². The number of carbonyl (C=O) groups excluding carboxylic acids is 1. The number of hydrogen-bond donors (Lipinski definition) is 1. The maximum Gasteiger partial charge on any atom is 0.311 e. The summed E-state index contributed by atoms with van der Waals surface area (Å²) in [5.41, 5.74) is -0.759. The van der Waals surface area contributed by atoms with Gasteiger partial charge in [0.1, 0.15) is 5.76 Å². The minimum Gasteiger partial charge on any atom is -0.481 e. The monoisotopic (exact) mass is 340 g/mol. The number of likely N-dealkylation sites (tertiary alicyclic amines) is 1. The van der Waals surface area contributed by atoms with Gasteiger partial charge in [-0.2, -0.15) is 0 Å². The maximum atomic E-state index is 12.4. The number of hydrogen-bond acceptors (Lipinski definition) is 4. The standard InChI is InChI=1S/C16H21ClN2O4/c17-13-8-12(23-18-13)4-5-14(20)19-7-1-6-16(10-19,15(21)22)9-11-2-3-11/h8,11H,1-7,9-10H2,(H,21,22)/t16-/m0/s1. The van der Waals surface area contributed by atoms with E-state index in [1.807, 2.05) is 0 Å². The number of aryl methyl sites for hydroxylation is 1. The van der Waals surface area contributed by atoms with Crippen LogP contribution in [0.5, 0.6) is 0 Å². The third-order valence-electron chi connectivity index (χ3n) is 4.88. The van der Waals surface area contributed by atoms with Crippen LogP contribution in [0.1, 0.15) is 44.3 Å². The fourth-order valence-electron chi connectivity index (χ4n) is 3.44. The molecule has 2 fully saturated rings. The van der Waals surface area contributed by atoms with Gasteiger partial charge in [-0.1, -0.05) is 29.6 Å². The van der Waals surface area contributed by atoms with Crippen LogP contribution in [-0.4, -0.2) is 40.1 Å². The number of aromatic nitrogens is 1. The van der Waals surface area contributed by atoms with Gasteiger partial charge in [0, 0.05) is 32.0 Å². The largest absolute Gasteiger partial charge is 0.481 e. The highest BCUT2D eigenvalue weighted by atomic mass is 35.5. The van der Waals surface area contributed by atoms with E-state index in [4.69, 9.17) is 16.1 Å². The lowest BCUT2D eigenvalue weighted by Crippen LogP contribution is -2.50. The Morgan fingerprint density at radius 1 is 1.48 bits per heavy atom. The topological polar surface area (TPSA) is 83.6 Å². The third kappa shape index (κ3) is 3.86. The molecule has 1 saturated heterocycles. The van der Waals surface area contributed by atoms with E-state index >= 15 is 0 Å². The van der Waals surface area contributed by atoms with Crippen LogP contribution in [0.2, 0.25) is 5.15 Å². The second kappa shape index (κ2) is 6.51. The molecule has 0 aromatic carbocycles. The van der Waals surface area contributed by atoms with Gasteiger partial charge in [-0.3, -0.25) is 9.59 Å². The molecule has 0 bridgehead atoms. The van der Waals surface area contributed by atoms with E-state index in [1.54, 1.807) is 11.0 Å². The van der Waals surface area contributed by atoms with Crippen LogP contribution in [0.15, 0.2) is 10.6 Å². The van der Waals surface area contributed by atoms with E-state index in [-0.39, 0.29) is 17.5 Å². The number of amides is 1. The Labute approximate surface area is 139 Å². The van der Waals surface area contributed by atoms with Gasteiger partial charge in [0.15, 0.2) is 5.15 Å². The summed E-state index contributed by atoms with van der Waals surface area (Å²) >= 11 is 5.69. The van der Waals surface area contributed by atoms with Crippen molar-refractivity contribution in [1.82, 2.24) is 10.1 Å². The van der Waals surface area contributed by atoms with Crippen LogP contribution in [0.4, 0.5) is 0 Å². The molecule has 7 heteroatoms. The first-order chi connectivity index (χ1) is 11.0. The van der Waals surface area contributed by atoms with Crippen LogP contribution in [-0.2, 0) is 16.0 Å². The number of carboxylic acids is 1. The van der Waals surface area contributed by atoms with Crippen molar-refractivity contribution < 1.29 is 19.2 Å². The molecule has 1 atom stereocenters. The first kappa shape index (κ1) is 16.3. The number of piperidine rings is 1. The fraction of sp³-hybridized carbons (Fsp3) is 0.688. The van der Waals surface area contributed by atoms with Crippen molar-refractivity contribution in [3.63, 3.8) is 0 Å². The average molecular weight is 341 g/mol. The Kier molecular flexibility index (Phi) is 4.62. The minimum atomic E-state index is -0.760. The first-order valence-corrected chi connectivity index (χ1v) is 8.49. The highest BCUT2D eigenvalue weighted by Crippen LogP contribution is 2.45. The van der Waals surface area contributed by atoms with Gasteiger partial charge in [0.2, 0.25) is 5.91 Å². The van der Waals surface area contributed by atoms with E-state index in [0.717, 1.165) is 19.3 Å². The molecule has 2 heterocycles. The summed E-state index contributed by atoms with van der Waals surface area (Å²) in [6.07, 6.45) is 5.07. The Balaban J connectivity index is 1.60. The molecule has 126 valence electrons. The van der Waals surface area contributed by atoms with Crippen LogP contribution in [0, 0.1) is 11.3 Å². The minimum absolute atomic E-state index is 0.0290. The van der Waals surface area contributed by atoms with E-state index < -0.39 is 11.4 Å². The first-order valence-electron chi connectivity index (χ1n) is 8.11. The molecule has 0 spiro atoms. The predicted molar refractivity (Wildman–Crippen MR) is 83.1 cm³/mol. The van der Waals surface area contributed by atoms with Gasteiger partial charge >= 0.3 is 5.97 Å². The number of halogens is 1. The summed E-state index contributed by atoms with van der Waals surface area (Å²) in [5.74, 6) is 0.308. The van der Waals surface area contributed by atoms with Gasteiger partial charge < -0.3 is 14.5 Å². The van der Waals surface area contributed by atoms with Crippen molar-refractivity contribution >= 4 is 23.5 Å². The van der Waals surface area contributed by atoms with Crippen molar-refractivity contribution in [2.75, 3.05) is 13.1 Å². The van der Waals surface area contributed by atoms with Gasteiger partial charge in [-0.05, 0) is 25.2 Å². The van der Waals surface area contributed by atoms with Crippen molar-refractivity contribution in [1.29, 1.82) is 0 Å². The lowest BCUT2D eigenvalue weighted by atomic mass is 9.75. The fourth-order valence-corrected chi connectivity index (χ4v) is 3.60. The van der Waals surface area contributed by atoms with Gasteiger partial charge in [0.05, 0.1) is 5.41 Å². The molecule has 23 heavy (non-hydrogen) atoms. The summed E-state index contributed by atoms with van der Waals surface area (Å²) in [6, 6.07) is 1.60. The number of carbonyl (C=O) groups is 2. The molecule has 0 radical (unpaired) electrons. The molecule has 6 nitrogen and oxygen atoms in total. The SMILES string of the molecule is O=C(CCc1cc(Cl)no1)N1CCC[C@@](CC2CC2)(C(=O)O)C1. The molecule has 2 aliphatic rings. The molecule has 0 unspecified atom stereocenters. The number of aliphatic carboxylic acids is 1. The lowest BCUT2D eigenvalue weighted by molar-refractivity contribution is -0.156. The third-order valence-corrected chi connectivity index (χ3v) is 5.05. The molecule has 1 aliphatic carbocycles. The Morgan fingerprint density at radius 3 is 2.87 bits per heavy atom. The van der Waals surface area contributed by atoms with Crippen LogP contribution < -0.4 is 0 Å². The maximum absolute atomic E-state index is 12.4. The van der Waals surface area contributed by atoms with Crippen molar-refractivity contribution in [3.8, 4) is 0 Å². The molecular formula is C16H21ClN2O4. The molecule has 1 amide bonds. The van der Waals surface area contributed by atoms with E-state index in [1.165, 1.54) is 0 Å². The number of carboxylic acid groups (broad SMARTS) is 1. The van der Waals surface area contributed by atoms with Crippen molar-refractivity contribution in [3.05, 3.63) is 17.0 Å². The van der Waals surface area contributed by atoms with Gasteiger partial charge in [0.25, 0.3) is 0 Å². The molecule has 1 aromatic rings. The van der Waals surface area contributed by atoms with Crippen LogP contribution in [0.3, 0.4) is 0 Å². The van der Waals surface area contributed by atoms with Crippen molar-refractivity contribution in [2.45, 2.75) is 44.9 Å². The molecular weight excluding hydrogens is 320 g/mol. The Hall–Kier alpha value is -1.56. The normalized spacial score (nSPS) is 24.7. The van der Waals surface area contributed by atoms with Crippen molar-refractivity contribution in [2.24, 2.45) is 11.3 Å². The molecule has 3 rings (SSSR count). The average Bonchev–Trinajstić information content (AvgIpc) is 3.24. The molecule has 1 saturated carbocycles. The van der Waals surface area contributed by atoms with Gasteiger partial charge in [-0.25, -0.2) is 0 Å². The zero-order chi connectivity index (χ0) is 16.4. The van der Waals surface area contributed by atoms with Gasteiger partial charge in [-0.15, -0.1) is 0 Å². The summed E-state index contributed by atoms with van der Waals surface area (Å²) < 4.78 is 5.00. The Bertz CT molecular complexity index is 599.